The van der Waals surface area contributed by atoms with Crippen molar-refractivity contribution in [3.05, 3.63) is 99.9 Å². The molecule has 9 heteroatoms. The number of anilines is 1. The number of hydrogen-bond acceptors (Lipinski definition) is 4. The normalized spacial score (nSPS) is 14.5. The minimum Gasteiger partial charge on any atom is -0.481 e. The molecule has 0 aliphatic heterocycles. The number of carbonyl (C=O) groups is 2. The molecule has 0 unspecified atom stereocenters. The van der Waals surface area contributed by atoms with E-state index in [4.69, 9.17) is 16.3 Å². The van der Waals surface area contributed by atoms with Gasteiger partial charge < -0.3 is 9.84 Å². The van der Waals surface area contributed by atoms with Gasteiger partial charge in [-0.15, -0.1) is 11.3 Å². The summed E-state index contributed by atoms with van der Waals surface area (Å²) in [6.07, 6.45) is -0.531. The minimum absolute atomic E-state index is 0.0670. The van der Waals surface area contributed by atoms with Gasteiger partial charge in [-0.1, -0.05) is 60.1 Å². The molecule has 0 radical (unpaired) electrons. The first-order valence-corrected chi connectivity index (χ1v) is 13.0. The van der Waals surface area contributed by atoms with Crippen LogP contribution in [0.4, 0.5) is 19.3 Å². The molecule has 1 aromatic heterocycles. The summed E-state index contributed by atoms with van der Waals surface area (Å²) in [5.74, 6) is -2.08. The van der Waals surface area contributed by atoms with Crippen LogP contribution in [0.5, 0.6) is 0 Å². The summed E-state index contributed by atoms with van der Waals surface area (Å²) >= 11 is 7.51. The summed E-state index contributed by atoms with van der Waals surface area (Å²) in [6, 6.07) is 19.8. The molecule has 1 atom stereocenters. The standard InChI is InChI=1S/C29H22ClF2NO4S/c1-16(22-14-21(31)10-11-23(22)32)37-28(36)33-24-15-25(30)38-26(24)19-4-2-17(3-5-19)18-6-8-20(9-7-18)29(12-13-29)27(34)35/h2-11,14-16H,12-13H2,1H3,(H,33,36)(H,34,35)/t16-/m1/s1. The summed E-state index contributed by atoms with van der Waals surface area (Å²) in [5, 5.41) is 12.2. The summed E-state index contributed by atoms with van der Waals surface area (Å²) < 4.78 is 33.3. The van der Waals surface area contributed by atoms with Crippen LogP contribution in [0.15, 0.2) is 72.8 Å². The molecule has 1 aliphatic rings. The highest BCUT2D eigenvalue weighted by Crippen LogP contribution is 2.48. The number of carboxylic acids is 1. The number of amides is 1. The Morgan fingerprint density at radius 1 is 0.974 bits per heavy atom. The highest BCUT2D eigenvalue weighted by molar-refractivity contribution is 7.20. The summed E-state index contributed by atoms with van der Waals surface area (Å²) in [7, 11) is 0. The zero-order valence-corrected chi connectivity index (χ0v) is 21.7. The van der Waals surface area contributed by atoms with Crippen LogP contribution < -0.4 is 5.32 Å². The van der Waals surface area contributed by atoms with Gasteiger partial charge in [0.15, 0.2) is 0 Å². The Bertz CT molecular complexity index is 1510. The Morgan fingerprint density at radius 3 is 2.18 bits per heavy atom. The minimum atomic E-state index is -1.01. The molecule has 1 saturated carbocycles. The second kappa shape index (κ2) is 10.2. The van der Waals surface area contributed by atoms with Gasteiger partial charge in [0, 0.05) is 5.56 Å². The molecule has 1 fully saturated rings. The average molecular weight is 554 g/mol. The average Bonchev–Trinajstić information content (AvgIpc) is 3.64. The van der Waals surface area contributed by atoms with Crippen molar-refractivity contribution in [3.63, 3.8) is 0 Å². The van der Waals surface area contributed by atoms with E-state index < -0.39 is 35.2 Å². The molecule has 3 aromatic carbocycles. The number of hydrogen-bond donors (Lipinski definition) is 2. The predicted octanol–water partition coefficient (Wildman–Crippen LogP) is 8.44. The predicted molar refractivity (Wildman–Crippen MR) is 144 cm³/mol. The first-order chi connectivity index (χ1) is 18.2. The summed E-state index contributed by atoms with van der Waals surface area (Å²) in [5.41, 5.74) is 3.14. The number of ether oxygens (including phenoxy) is 1. The van der Waals surface area contributed by atoms with Crippen molar-refractivity contribution in [2.75, 3.05) is 5.32 Å². The van der Waals surface area contributed by atoms with Crippen molar-refractivity contribution in [1.82, 2.24) is 0 Å². The molecule has 5 rings (SSSR count). The van der Waals surface area contributed by atoms with Crippen LogP contribution in [0.2, 0.25) is 4.34 Å². The van der Waals surface area contributed by atoms with Crippen molar-refractivity contribution in [3.8, 4) is 21.6 Å². The fourth-order valence-electron chi connectivity index (χ4n) is 4.40. The Hall–Kier alpha value is -3.75. The number of thiophene rings is 1. The molecule has 1 heterocycles. The molecular weight excluding hydrogens is 532 g/mol. The molecule has 5 nitrogen and oxygen atoms in total. The van der Waals surface area contributed by atoms with Gasteiger partial charge in [0.1, 0.15) is 17.7 Å². The van der Waals surface area contributed by atoms with Gasteiger partial charge in [-0.2, -0.15) is 0 Å². The molecular formula is C29H22ClF2NO4S. The first-order valence-electron chi connectivity index (χ1n) is 11.8. The third-order valence-corrected chi connectivity index (χ3v) is 8.01. The van der Waals surface area contributed by atoms with Gasteiger partial charge in [0.2, 0.25) is 0 Å². The summed E-state index contributed by atoms with van der Waals surface area (Å²) in [4.78, 5) is 24.8. The lowest BCUT2D eigenvalue weighted by Crippen LogP contribution is -2.19. The number of carbonyl (C=O) groups excluding carboxylic acids is 1. The van der Waals surface area contributed by atoms with E-state index in [1.54, 1.807) is 6.07 Å². The lowest BCUT2D eigenvalue weighted by molar-refractivity contribution is -0.140. The SMILES string of the molecule is C[C@@H](OC(=O)Nc1cc(Cl)sc1-c1ccc(-c2ccc(C3(C(=O)O)CC3)cc2)cc1)c1cc(F)ccc1F. The number of rotatable bonds is 7. The molecule has 0 saturated heterocycles. The Morgan fingerprint density at radius 2 is 1.58 bits per heavy atom. The molecule has 38 heavy (non-hydrogen) atoms. The van der Waals surface area contributed by atoms with Crippen molar-refractivity contribution < 1.29 is 28.2 Å². The van der Waals surface area contributed by atoms with Crippen LogP contribution in [-0.4, -0.2) is 17.2 Å². The number of carboxylic acid groups (broad SMARTS) is 1. The second-order valence-electron chi connectivity index (χ2n) is 9.17. The molecule has 1 aliphatic carbocycles. The topological polar surface area (TPSA) is 75.6 Å². The van der Waals surface area contributed by atoms with Gasteiger partial charge in [-0.25, -0.2) is 13.6 Å². The van der Waals surface area contributed by atoms with Crippen LogP contribution in [-0.2, 0) is 14.9 Å². The zero-order valence-electron chi connectivity index (χ0n) is 20.1. The Labute approximate surface area is 226 Å². The second-order valence-corrected chi connectivity index (χ2v) is 10.9. The highest BCUT2D eigenvalue weighted by atomic mass is 35.5. The molecule has 0 spiro atoms. The van der Waals surface area contributed by atoms with E-state index >= 15 is 0 Å². The fourth-order valence-corrected chi connectivity index (χ4v) is 5.59. The van der Waals surface area contributed by atoms with Gasteiger partial charge in [0.05, 0.1) is 20.3 Å². The smallest absolute Gasteiger partial charge is 0.412 e. The van der Waals surface area contributed by atoms with Crippen molar-refractivity contribution in [1.29, 1.82) is 0 Å². The van der Waals surface area contributed by atoms with Crippen LogP contribution >= 0.6 is 22.9 Å². The lowest BCUT2D eigenvalue weighted by atomic mass is 9.93. The van der Waals surface area contributed by atoms with Gasteiger partial charge in [0.25, 0.3) is 0 Å². The van der Waals surface area contributed by atoms with E-state index in [2.05, 4.69) is 5.32 Å². The molecule has 0 bridgehead atoms. The van der Waals surface area contributed by atoms with E-state index in [9.17, 15) is 23.5 Å². The Balaban J connectivity index is 1.30. The van der Waals surface area contributed by atoms with Crippen LogP contribution in [0, 0.1) is 11.6 Å². The number of halogens is 3. The number of aliphatic carboxylic acids is 1. The maximum absolute atomic E-state index is 14.0. The van der Waals surface area contributed by atoms with E-state index in [0.29, 0.717) is 27.7 Å². The first kappa shape index (κ1) is 25.9. The monoisotopic (exact) mass is 553 g/mol. The van der Waals surface area contributed by atoms with Crippen LogP contribution in [0.3, 0.4) is 0 Å². The van der Waals surface area contributed by atoms with Gasteiger partial charge >= 0.3 is 12.1 Å². The lowest BCUT2D eigenvalue weighted by Gasteiger charge is -2.15. The van der Waals surface area contributed by atoms with Crippen LogP contribution in [0.25, 0.3) is 21.6 Å². The van der Waals surface area contributed by atoms with Gasteiger partial charge in [-0.3, -0.25) is 10.1 Å². The Kier molecular flexibility index (Phi) is 6.94. The number of nitrogens with one attached hydrogen (secondary N) is 1. The maximum atomic E-state index is 14.0. The fraction of sp³-hybridized carbons (Fsp3) is 0.172. The van der Waals surface area contributed by atoms with Crippen molar-refractivity contribution >= 4 is 40.7 Å². The largest absolute Gasteiger partial charge is 0.481 e. The zero-order chi connectivity index (χ0) is 27.0. The summed E-state index contributed by atoms with van der Waals surface area (Å²) in [6.45, 7) is 1.45. The third-order valence-electron chi connectivity index (χ3n) is 6.70. The van der Waals surface area contributed by atoms with Crippen molar-refractivity contribution in [2.45, 2.75) is 31.3 Å². The van der Waals surface area contributed by atoms with Crippen molar-refractivity contribution in [2.24, 2.45) is 0 Å². The van der Waals surface area contributed by atoms with Crippen LogP contribution in [0.1, 0.15) is 37.0 Å². The number of benzene rings is 3. The molecule has 1 amide bonds. The van der Waals surface area contributed by atoms with E-state index in [-0.39, 0.29) is 5.56 Å². The quantitative estimate of drug-likeness (QED) is 0.241. The van der Waals surface area contributed by atoms with E-state index in [1.807, 2.05) is 48.5 Å². The molecule has 194 valence electrons. The van der Waals surface area contributed by atoms with E-state index in [1.165, 1.54) is 18.3 Å². The maximum Gasteiger partial charge on any atom is 0.412 e. The highest BCUT2D eigenvalue weighted by Gasteiger charge is 2.51. The molecule has 4 aromatic rings. The molecule has 2 N–H and O–H groups in total. The van der Waals surface area contributed by atoms with E-state index in [0.717, 1.165) is 40.5 Å². The van der Waals surface area contributed by atoms with Gasteiger partial charge in [-0.05, 0) is 66.3 Å². The third kappa shape index (κ3) is 5.14.